The number of aliphatic carboxylic acids is 1. The molecule has 0 saturated heterocycles. The van der Waals surface area contributed by atoms with Gasteiger partial charge >= 0.3 is 5.97 Å². The van der Waals surface area contributed by atoms with Crippen LogP contribution in [0.5, 0.6) is 0 Å². The number of amides is 1. The number of nitrogens with one attached hydrogen (secondary N) is 1. The second-order valence-corrected chi connectivity index (χ2v) is 6.77. The maximum Gasteiger partial charge on any atom is 0.326 e. The summed E-state index contributed by atoms with van der Waals surface area (Å²) in [4.78, 5) is 24.6. The number of carbonyl (C=O) groups excluding carboxylic acids is 1. The number of carboxylic acids is 1. The molecule has 1 aliphatic heterocycles. The fourth-order valence-corrected chi connectivity index (χ4v) is 2.69. The van der Waals surface area contributed by atoms with Crippen LogP contribution < -0.4 is 4.72 Å². The SMILES string of the molecule is CS(=O)(=O)NCC(=O)N1Cc2ccccc2C[C@@H]1C(=O)O. The number of carboxylic acid groups (broad SMARTS) is 1. The van der Waals surface area contributed by atoms with Crippen LogP contribution in [0.15, 0.2) is 24.3 Å². The molecule has 1 aromatic rings. The summed E-state index contributed by atoms with van der Waals surface area (Å²) in [7, 11) is -3.50. The number of fused-ring (bicyclic) bond motifs is 1. The molecule has 7 nitrogen and oxygen atoms in total. The average Bonchev–Trinajstić information content (AvgIpc) is 2.42. The fourth-order valence-electron chi connectivity index (χ4n) is 2.30. The van der Waals surface area contributed by atoms with Gasteiger partial charge < -0.3 is 10.0 Å². The first-order chi connectivity index (χ1) is 9.78. The van der Waals surface area contributed by atoms with Gasteiger partial charge in [-0.2, -0.15) is 0 Å². The van der Waals surface area contributed by atoms with E-state index in [1.807, 2.05) is 24.3 Å². The summed E-state index contributed by atoms with van der Waals surface area (Å²) >= 11 is 0. The molecule has 2 rings (SSSR count). The van der Waals surface area contributed by atoms with Crippen molar-refractivity contribution in [2.24, 2.45) is 0 Å². The van der Waals surface area contributed by atoms with Crippen LogP contribution >= 0.6 is 0 Å². The summed E-state index contributed by atoms with van der Waals surface area (Å²) < 4.78 is 24.2. The Bertz CT molecular complexity index is 671. The highest BCUT2D eigenvalue weighted by molar-refractivity contribution is 7.88. The van der Waals surface area contributed by atoms with Gasteiger partial charge in [-0.05, 0) is 11.1 Å². The Labute approximate surface area is 122 Å². The zero-order chi connectivity index (χ0) is 15.6. The lowest BCUT2D eigenvalue weighted by Gasteiger charge is -2.34. The van der Waals surface area contributed by atoms with Gasteiger partial charge in [0.05, 0.1) is 12.8 Å². The second kappa shape index (κ2) is 5.82. The maximum atomic E-state index is 12.1. The Hall–Kier alpha value is -1.93. The molecule has 8 heteroatoms. The lowest BCUT2D eigenvalue weighted by Crippen LogP contribution is -2.51. The number of nitrogens with zero attached hydrogens (tertiary/aromatic N) is 1. The predicted octanol–water partition coefficient (Wildman–Crippen LogP) is -0.426. The molecule has 2 N–H and O–H groups in total. The van der Waals surface area contributed by atoms with E-state index in [-0.39, 0.29) is 13.0 Å². The van der Waals surface area contributed by atoms with Gasteiger partial charge in [-0.15, -0.1) is 0 Å². The summed E-state index contributed by atoms with van der Waals surface area (Å²) in [6.07, 6.45) is 1.16. The van der Waals surface area contributed by atoms with Crippen molar-refractivity contribution >= 4 is 21.9 Å². The van der Waals surface area contributed by atoms with Crippen molar-refractivity contribution < 1.29 is 23.1 Å². The number of rotatable bonds is 4. The van der Waals surface area contributed by atoms with Gasteiger partial charge in [0.1, 0.15) is 6.04 Å². The fraction of sp³-hybridized carbons (Fsp3) is 0.385. The normalized spacial score (nSPS) is 18.1. The summed E-state index contributed by atoms with van der Waals surface area (Å²) in [5.74, 6) is -1.65. The van der Waals surface area contributed by atoms with Gasteiger partial charge in [0.25, 0.3) is 0 Å². The minimum atomic E-state index is -3.50. The van der Waals surface area contributed by atoms with Crippen LogP contribution in [-0.4, -0.2) is 49.1 Å². The highest BCUT2D eigenvalue weighted by atomic mass is 32.2. The third kappa shape index (κ3) is 3.79. The Morgan fingerprint density at radius 2 is 1.95 bits per heavy atom. The van der Waals surface area contributed by atoms with Crippen LogP contribution in [0.25, 0.3) is 0 Å². The lowest BCUT2D eigenvalue weighted by molar-refractivity contribution is -0.150. The minimum absolute atomic E-state index is 0.164. The molecule has 0 aliphatic carbocycles. The number of carbonyl (C=O) groups is 2. The van der Waals surface area contributed by atoms with E-state index in [1.165, 1.54) is 4.90 Å². The molecule has 21 heavy (non-hydrogen) atoms. The maximum absolute atomic E-state index is 12.1. The third-order valence-electron chi connectivity index (χ3n) is 3.34. The van der Waals surface area contributed by atoms with Crippen LogP contribution in [0.4, 0.5) is 0 Å². The van der Waals surface area contributed by atoms with Crippen molar-refractivity contribution in [2.75, 3.05) is 12.8 Å². The summed E-state index contributed by atoms with van der Waals surface area (Å²) in [5.41, 5.74) is 1.77. The van der Waals surface area contributed by atoms with Gasteiger partial charge in [0, 0.05) is 13.0 Å². The number of hydrogen-bond acceptors (Lipinski definition) is 4. The van der Waals surface area contributed by atoms with Gasteiger partial charge in [0.15, 0.2) is 0 Å². The Kier molecular flexibility index (Phi) is 4.29. The molecule has 0 aromatic heterocycles. The third-order valence-corrected chi connectivity index (χ3v) is 4.01. The Morgan fingerprint density at radius 1 is 1.33 bits per heavy atom. The van der Waals surface area contributed by atoms with Crippen molar-refractivity contribution in [3.8, 4) is 0 Å². The average molecular weight is 312 g/mol. The van der Waals surface area contributed by atoms with Gasteiger partial charge in [-0.3, -0.25) is 4.79 Å². The standard InChI is InChI=1S/C13H16N2O5S/c1-21(19,20)14-7-12(16)15-8-10-5-3-2-4-9(10)6-11(15)13(17)18/h2-5,11,14H,6-8H2,1H3,(H,17,18)/t11-/m1/s1. The molecule has 0 spiro atoms. The van der Waals surface area contributed by atoms with Crippen LogP contribution in [-0.2, 0) is 32.6 Å². The van der Waals surface area contributed by atoms with Crippen LogP contribution in [0, 0.1) is 0 Å². The molecular formula is C13H16N2O5S. The van der Waals surface area contributed by atoms with E-state index >= 15 is 0 Å². The summed E-state index contributed by atoms with van der Waals surface area (Å²) in [6.45, 7) is -0.276. The minimum Gasteiger partial charge on any atom is -0.480 e. The molecule has 1 atom stereocenters. The molecule has 0 bridgehead atoms. The lowest BCUT2D eigenvalue weighted by atomic mass is 9.94. The molecule has 0 fully saturated rings. The van der Waals surface area contributed by atoms with E-state index in [4.69, 9.17) is 0 Å². The molecule has 0 radical (unpaired) electrons. The zero-order valence-electron chi connectivity index (χ0n) is 11.4. The summed E-state index contributed by atoms with van der Waals surface area (Å²) in [6, 6.07) is 6.32. The highest BCUT2D eigenvalue weighted by Gasteiger charge is 2.34. The molecular weight excluding hydrogens is 296 g/mol. The zero-order valence-corrected chi connectivity index (χ0v) is 12.3. The highest BCUT2D eigenvalue weighted by Crippen LogP contribution is 2.23. The summed E-state index contributed by atoms with van der Waals surface area (Å²) in [5, 5.41) is 9.28. The first-order valence-corrected chi connectivity index (χ1v) is 8.21. The smallest absolute Gasteiger partial charge is 0.326 e. The van der Waals surface area contributed by atoms with Crippen molar-refractivity contribution in [1.29, 1.82) is 0 Å². The van der Waals surface area contributed by atoms with Gasteiger partial charge in [-0.1, -0.05) is 24.3 Å². The van der Waals surface area contributed by atoms with Crippen molar-refractivity contribution in [3.05, 3.63) is 35.4 Å². The molecule has 0 saturated carbocycles. The van der Waals surface area contributed by atoms with Crippen LogP contribution in [0.3, 0.4) is 0 Å². The molecule has 0 unspecified atom stereocenters. The molecule has 1 aliphatic rings. The van der Waals surface area contributed by atoms with E-state index in [0.717, 1.165) is 17.4 Å². The number of hydrogen-bond donors (Lipinski definition) is 2. The largest absolute Gasteiger partial charge is 0.480 e. The van der Waals surface area contributed by atoms with Crippen LogP contribution in [0.2, 0.25) is 0 Å². The van der Waals surface area contributed by atoms with Gasteiger partial charge in [0.2, 0.25) is 15.9 Å². The van der Waals surface area contributed by atoms with E-state index in [0.29, 0.717) is 0 Å². The van der Waals surface area contributed by atoms with Crippen LogP contribution in [0.1, 0.15) is 11.1 Å². The first kappa shape index (κ1) is 15.5. The Balaban J connectivity index is 2.20. The monoisotopic (exact) mass is 312 g/mol. The Morgan fingerprint density at radius 3 is 2.52 bits per heavy atom. The van der Waals surface area contributed by atoms with E-state index in [1.54, 1.807) is 0 Å². The molecule has 1 aromatic carbocycles. The van der Waals surface area contributed by atoms with Crippen molar-refractivity contribution in [1.82, 2.24) is 9.62 Å². The van der Waals surface area contributed by atoms with E-state index < -0.39 is 34.5 Å². The quantitative estimate of drug-likeness (QED) is 0.785. The van der Waals surface area contributed by atoms with E-state index in [9.17, 15) is 23.1 Å². The van der Waals surface area contributed by atoms with E-state index in [2.05, 4.69) is 4.72 Å². The molecule has 1 amide bonds. The van der Waals surface area contributed by atoms with Crippen molar-refractivity contribution in [3.63, 3.8) is 0 Å². The molecule has 1 heterocycles. The first-order valence-electron chi connectivity index (χ1n) is 6.31. The van der Waals surface area contributed by atoms with Crippen molar-refractivity contribution in [2.45, 2.75) is 19.0 Å². The number of benzene rings is 1. The van der Waals surface area contributed by atoms with Gasteiger partial charge in [-0.25, -0.2) is 17.9 Å². The number of sulfonamides is 1. The topological polar surface area (TPSA) is 104 Å². The predicted molar refractivity (Wildman–Crippen MR) is 75.0 cm³/mol. The second-order valence-electron chi connectivity index (χ2n) is 4.94. The molecule has 114 valence electrons.